The number of nitrogens with one attached hydrogen (secondary N) is 1. The van der Waals surface area contributed by atoms with Crippen molar-refractivity contribution in [2.45, 2.75) is 45.5 Å². The van der Waals surface area contributed by atoms with Gasteiger partial charge in [0.15, 0.2) is 0 Å². The van der Waals surface area contributed by atoms with Crippen LogP contribution in [0, 0.1) is 0 Å². The van der Waals surface area contributed by atoms with Crippen LogP contribution in [-0.2, 0) is 12.3 Å². The van der Waals surface area contributed by atoms with Gasteiger partial charge < -0.3 is 5.32 Å². The Kier molecular flexibility index (Phi) is 5.85. The number of benzene rings is 1. The van der Waals surface area contributed by atoms with E-state index in [4.69, 9.17) is 4.98 Å². The SMILES string of the molecule is CCSCc1nc(-c2ccccc2)c(CNC(C)(C)C)s1. The van der Waals surface area contributed by atoms with Crippen molar-refractivity contribution in [3.8, 4) is 11.3 Å². The molecule has 21 heavy (non-hydrogen) atoms. The van der Waals surface area contributed by atoms with Crippen molar-refractivity contribution in [1.29, 1.82) is 0 Å². The van der Waals surface area contributed by atoms with Crippen LogP contribution in [0.3, 0.4) is 0 Å². The summed E-state index contributed by atoms with van der Waals surface area (Å²) in [5.41, 5.74) is 2.48. The van der Waals surface area contributed by atoms with E-state index in [-0.39, 0.29) is 5.54 Å². The van der Waals surface area contributed by atoms with Gasteiger partial charge in [0.25, 0.3) is 0 Å². The zero-order chi connectivity index (χ0) is 15.3. The molecule has 1 N–H and O–H groups in total. The molecule has 0 amide bonds. The molecule has 0 saturated carbocycles. The summed E-state index contributed by atoms with van der Waals surface area (Å²) in [6.07, 6.45) is 0. The van der Waals surface area contributed by atoms with Crippen LogP contribution in [0.1, 0.15) is 37.6 Å². The Balaban J connectivity index is 2.25. The molecular formula is C17H24N2S2. The Labute approximate surface area is 136 Å². The molecule has 0 aliphatic rings. The quantitative estimate of drug-likeness (QED) is 0.815. The largest absolute Gasteiger partial charge is 0.307 e. The van der Waals surface area contributed by atoms with Gasteiger partial charge in [0.2, 0.25) is 0 Å². The van der Waals surface area contributed by atoms with Gasteiger partial charge in [0.1, 0.15) is 5.01 Å². The molecule has 1 aromatic carbocycles. The molecule has 0 aliphatic heterocycles. The molecule has 1 heterocycles. The van der Waals surface area contributed by atoms with E-state index in [1.807, 2.05) is 23.1 Å². The molecule has 0 aliphatic carbocycles. The van der Waals surface area contributed by atoms with Gasteiger partial charge in [-0.3, -0.25) is 0 Å². The second-order valence-corrected chi connectivity index (χ2v) is 8.43. The maximum Gasteiger partial charge on any atom is 0.103 e. The molecule has 0 bridgehead atoms. The molecule has 0 spiro atoms. The number of rotatable bonds is 6. The summed E-state index contributed by atoms with van der Waals surface area (Å²) in [6, 6.07) is 10.5. The fourth-order valence-corrected chi connectivity index (χ4v) is 3.69. The first-order chi connectivity index (χ1) is 9.99. The average molecular weight is 321 g/mol. The number of thiazole rings is 1. The summed E-state index contributed by atoms with van der Waals surface area (Å²) >= 11 is 3.77. The van der Waals surface area contributed by atoms with Crippen molar-refractivity contribution < 1.29 is 0 Å². The van der Waals surface area contributed by atoms with E-state index >= 15 is 0 Å². The first kappa shape index (κ1) is 16.5. The molecule has 0 fully saturated rings. The van der Waals surface area contributed by atoms with Crippen LogP contribution >= 0.6 is 23.1 Å². The lowest BCUT2D eigenvalue weighted by Crippen LogP contribution is -2.34. The smallest absolute Gasteiger partial charge is 0.103 e. The summed E-state index contributed by atoms with van der Waals surface area (Å²) in [6.45, 7) is 9.67. The van der Waals surface area contributed by atoms with Crippen molar-refractivity contribution in [1.82, 2.24) is 10.3 Å². The predicted octanol–water partition coefficient (Wildman–Crippen LogP) is 4.95. The van der Waals surface area contributed by atoms with Gasteiger partial charge in [-0.25, -0.2) is 4.98 Å². The highest BCUT2D eigenvalue weighted by molar-refractivity contribution is 7.98. The van der Waals surface area contributed by atoms with Gasteiger partial charge in [-0.2, -0.15) is 11.8 Å². The Morgan fingerprint density at radius 3 is 2.52 bits per heavy atom. The van der Waals surface area contributed by atoms with E-state index in [9.17, 15) is 0 Å². The third-order valence-electron chi connectivity index (χ3n) is 3.00. The van der Waals surface area contributed by atoms with Crippen molar-refractivity contribution in [2.75, 3.05) is 5.75 Å². The van der Waals surface area contributed by atoms with Crippen LogP contribution in [0.4, 0.5) is 0 Å². The third kappa shape index (κ3) is 5.13. The lowest BCUT2D eigenvalue weighted by Gasteiger charge is -2.20. The van der Waals surface area contributed by atoms with Gasteiger partial charge in [0, 0.05) is 28.3 Å². The Hall–Kier alpha value is -0.840. The predicted molar refractivity (Wildman–Crippen MR) is 96.0 cm³/mol. The molecular weight excluding hydrogens is 296 g/mol. The number of thioether (sulfide) groups is 1. The molecule has 0 unspecified atom stereocenters. The van der Waals surface area contributed by atoms with Crippen molar-refractivity contribution in [3.05, 3.63) is 40.2 Å². The van der Waals surface area contributed by atoms with Crippen LogP contribution in [0.25, 0.3) is 11.3 Å². The standard InChI is InChI=1S/C17H24N2S2/c1-5-20-12-15-19-16(13-9-7-6-8-10-13)14(21-15)11-18-17(2,3)4/h6-10,18H,5,11-12H2,1-4H3. The van der Waals surface area contributed by atoms with E-state index in [2.05, 4.69) is 63.3 Å². The summed E-state index contributed by atoms with van der Waals surface area (Å²) in [5.74, 6) is 2.15. The molecule has 2 rings (SSSR count). The normalized spacial score (nSPS) is 11.8. The van der Waals surface area contributed by atoms with E-state index < -0.39 is 0 Å². The second kappa shape index (κ2) is 7.43. The first-order valence-corrected chi connectivity index (χ1v) is 9.33. The maximum atomic E-state index is 4.88. The molecule has 0 radical (unpaired) electrons. The molecule has 1 aromatic heterocycles. The van der Waals surface area contributed by atoms with Gasteiger partial charge >= 0.3 is 0 Å². The lowest BCUT2D eigenvalue weighted by atomic mass is 10.1. The summed E-state index contributed by atoms with van der Waals surface area (Å²) in [4.78, 5) is 6.21. The lowest BCUT2D eigenvalue weighted by molar-refractivity contribution is 0.426. The fourth-order valence-electron chi connectivity index (χ4n) is 1.94. The number of hydrogen-bond acceptors (Lipinski definition) is 4. The Bertz CT molecular complexity index is 556. The zero-order valence-electron chi connectivity index (χ0n) is 13.3. The zero-order valence-corrected chi connectivity index (χ0v) is 14.9. The highest BCUT2D eigenvalue weighted by atomic mass is 32.2. The molecule has 4 heteroatoms. The van der Waals surface area contributed by atoms with Gasteiger partial charge in [-0.05, 0) is 26.5 Å². The Morgan fingerprint density at radius 2 is 1.90 bits per heavy atom. The van der Waals surface area contributed by atoms with Crippen molar-refractivity contribution in [3.63, 3.8) is 0 Å². The van der Waals surface area contributed by atoms with Gasteiger partial charge in [-0.15, -0.1) is 11.3 Å². The van der Waals surface area contributed by atoms with Gasteiger partial charge in [-0.1, -0.05) is 37.3 Å². The van der Waals surface area contributed by atoms with Crippen LogP contribution in [0.5, 0.6) is 0 Å². The molecule has 114 valence electrons. The van der Waals surface area contributed by atoms with Crippen LogP contribution < -0.4 is 5.32 Å². The topological polar surface area (TPSA) is 24.9 Å². The molecule has 2 aromatic rings. The van der Waals surface area contributed by atoms with Crippen LogP contribution in [0.2, 0.25) is 0 Å². The van der Waals surface area contributed by atoms with Gasteiger partial charge in [0.05, 0.1) is 5.69 Å². The molecule has 0 atom stereocenters. The van der Waals surface area contributed by atoms with E-state index in [1.54, 1.807) is 0 Å². The third-order valence-corrected chi connectivity index (χ3v) is 5.12. The molecule has 2 nitrogen and oxygen atoms in total. The monoisotopic (exact) mass is 320 g/mol. The Morgan fingerprint density at radius 1 is 1.19 bits per heavy atom. The van der Waals surface area contributed by atoms with E-state index in [1.165, 1.54) is 15.4 Å². The van der Waals surface area contributed by atoms with Crippen LogP contribution in [-0.4, -0.2) is 16.3 Å². The number of nitrogens with zero attached hydrogens (tertiary/aromatic N) is 1. The minimum absolute atomic E-state index is 0.121. The first-order valence-electron chi connectivity index (χ1n) is 7.36. The highest BCUT2D eigenvalue weighted by Crippen LogP contribution is 2.30. The molecule has 0 saturated heterocycles. The summed E-state index contributed by atoms with van der Waals surface area (Å²) < 4.78 is 0. The summed E-state index contributed by atoms with van der Waals surface area (Å²) in [5, 5.41) is 4.81. The van der Waals surface area contributed by atoms with Crippen molar-refractivity contribution in [2.24, 2.45) is 0 Å². The van der Waals surface area contributed by atoms with E-state index in [0.717, 1.165) is 23.7 Å². The minimum Gasteiger partial charge on any atom is -0.307 e. The maximum absolute atomic E-state index is 4.88. The van der Waals surface area contributed by atoms with E-state index in [0.29, 0.717) is 0 Å². The average Bonchev–Trinajstić information content (AvgIpc) is 2.86. The van der Waals surface area contributed by atoms with Crippen molar-refractivity contribution >= 4 is 23.1 Å². The van der Waals surface area contributed by atoms with Crippen LogP contribution in [0.15, 0.2) is 30.3 Å². The fraction of sp³-hybridized carbons (Fsp3) is 0.471. The second-order valence-electron chi connectivity index (χ2n) is 5.99. The number of hydrogen-bond donors (Lipinski definition) is 1. The minimum atomic E-state index is 0.121. The number of aromatic nitrogens is 1. The summed E-state index contributed by atoms with van der Waals surface area (Å²) in [7, 11) is 0. The highest BCUT2D eigenvalue weighted by Gasteiger charge is 2.15.